The number of phenolic OH excluding ortho intramolecular Hbond substituents is 1. The molecule has 0 bridgehead atoms. The maximum Gasteiger partial charge on any atom is 0.303 e. The SMILES string of the molecule is Cc1cc(Br)c(O)c(CCC(=O)O)c1F. The zero-order chi connectivity index (χ0) is 11.6. The van der Waals surface area contributed by atoms with E-state index in [1.165, 1.54) is 6.07 Å². The third-order valence-electron chi connectivity index (χ3n) is 2.06. The van der Waals surface area contributed by atoms with E-state index in [4.69, 9.17) is 5.11 Å². The van der Waals surface area contributed by atoms with Gasteiger partial charge in [0, 0.05) is 12.0 Å². The summed E-state index contributed by atoms with van der Waals surface area (Å²) < 4.78 is 13.9. The number of rotatable bonds is 3. The van der Waals surface area contributed by atoms with Crippen molar-refractivity contribution in [2.75, 3.05) is 0 Å². The number of carbonyl (C=O) groups is 1. The minimum atomic E-state index is -1.02. The topological polar surface area (TPSA) is 57.5 Å². The Bertz CT molecular complexity index is 378. The van der Waals surface area contributed by atoms with E-state index in [1.807, 2.05) is 0 Å². The van der Waals surface area contributed by atoms with Crippen LogP contribution in [0.15, 0.2) is 10.5 Å². The number of aryl methyl sites for hydroxylation is 1. The molecule has 0 amide bonds. The van der Waals surface area contributed by atoms with E-state index in [0.717, 1.165) is 0 Å². The van der Waals surface area contributed by atoms with Crippen LogP contribution >= 0.6 is 15.9 Å². The molecule has 0 fully saturated rings. The third kappa shape index (κ3) is 2.68. The fourth-order valence-corrected chi connectivity index (χ4v) is 1.85. The predicted molar refractivity (Wildman–Crippen MR) is 56.5 cm³/mol. The van der Waals surface area contributed by atoms with Gasteiger partial charge in [0.1, 0.15) is 11.6 Å². The van der Waals surface area contributed by atoms with Gasteiger partial charge in [0.25, 0.3) is 0 Å². The number of carboxylic acids is 1. The Balaban J connectivity index is 3.09. The lowest BCUT2D eigenvalue weighted by molar-refractivity contribution is -0.136. The van der Waals surface area contributed by atoms with Crippen LogP contribution in [-0.2, 0) is 11.2 Å². The fourth-order valence-electron chi connectivity index (χ4n) is 1.27. The van der Waals surface area contributed by atoms with Gasteiger partial charge in [-0.05, 0) is 40.9 Å². The van der Waals surface area contributed by atoms with E-state index in [9.17, 15) is 14.3 Å². The van der Waals surface area contributed by atoms with Crippen LogP contribution in [0, 0.1) is 12.7 Å². The molecule has 15 heavy (non-hydrogen) atoms. The average molecular weight is 277 g/mol. The summed E-state index contributed by atoms with van der Waals surface area (Å²) in [7, 11) is 0. The van der Waals surface area contributed by atoms with Gasteiger partial charge >= 0.3 is 5.97 Å². The van der Waals surface area contributed by atoms with Gasteiger partial charge in [-0.2, -0.15) is 0 Å². The highest BCUT2D eigenvalue weighted by molar-refractivity contribution is 9.10. The Morgan fingerprint density at radius 2 is 2.20 bits per heavy atom. The molecule has 0 aliphatic rings. The smallest absolute Gasteiger partial charge is 0.303 e. The van der Waals surface area contributed by atoms with E-state index >= 15 is 0 Å². The summed E-state index contributed by atoms with van der Waals surface area (Å²) in [5, 5.41) is 18.0. The maximum absolute atomic E-state index is 13.5. The molecule has 0 aliphatic carbocycles. The van der Waals surface area contributed by atoms with Crippen molar-refractivity contribution < 1.29 is 19.4 Å². The minimum absolute atomic E-state index is 0.0206. The Morgan fingerprint density at radius 3 is 2.73 bits per heavy atom. The van der Waals surface area contributed by atoms with Crippen LogP contribution < -0.4 is 0 Å². The first kappa shape index (κ1) is 12.0. The number of carboxylic acid groups (broad SMARTS) is 1. The molecule has 0 saturated carbocycles. The lowest BCUT2D eigenvalue weighted by atomic mass is 10.0. The molecule has 1 aromatic carbocycles. The summed E-state index contributed by atoms with van der Waals surface area (Å²) in [5.74, 6) is -1.79. The van der Waals surface area contributed by atoms with Crippen molar-refractivity contribution in [3.63, 3.8) is 0 Å². The van der Waals surface area contributed by atoms with Crippen LogP contribution in [0.5, 0.6) is 5.75 Å². The second-order valence-corrected chi connectivity index (χ2v) is 4.06. The minimum Gasteiger partial charge on any atom is -0.506 e. The summed E-state index contributed by atoms with van der Waals surface area (Å²) in [6.07, 6.45) is -0.229. The number of benzene rings is 1. The van der Waals surface area contributed by atoms with Crippen molar-refractivity contribution in [1.29, 1.82) is 0 Å². The van der Waals surface area contributed by atoms with Gasteiger partial charge in [-0.15, -0.1) is 0 Å². The van der Waals surface area contributed by atoms with Crippen LogP contribution in [0.25, 0.3) is 0 Å². The quantitative estimate of drug-likeness (QED) is 0.892. The Morgan fingerprint density at radius 1 is 1.60 bits per heavy atom. The fraction of sp³-hybridized carbons (Fsp3) is 0.300. The molecule has 0 unspecified atom stereocenters. The second kappa shape index (κ2) is 4.61. The predicted octanol–water partition coefficient (Wildman–Crippen LogP) is 2.62. The van der Waals surface area contributed by atoms with Crippen molar-refractivity contribution in [3.8, 4) is 5.75 Å². The number of aliphatic carboxylic acids is 1. The molecule has 5 heteroatoms. The molecule has 1 aromatic rings. The molecule has 0 heterocycles. The first-order valence-electron chi connectivity index (χ1n) is 4.31. The van der Waals surface area contributed by atoms with E-state index in [-0.39, 0.29) is 24.2 Å². The lowest BCUT2D eigenvalue weighted by Crippen LogP contribution is -2.01. The van der Waals surface area contributed by atoms with Crippen LogP contribution in [0.3, 0.4) is 0 Å². The van der Waals surface area contributed by atoms with Gasteiger partial charge in [-0.1, -0.05) is 0 Å². The first-order valence-corrected chi connectivity index (χ1v) is 5.11. The van der Waals surface area contributed by atoms with Crippen LogP contribution in [0.4, 0.5) is 4.39 Å². The molecule has 0 atom stereocenters. The molecule has 82 valence electrons. The van der Waals surface area contributed by atoms with Crippen molar-refractivity contribution in [1.82, 2.24) is 0 Å². The molecule has 0 aliphatic heterocycles. The molecular weight excluding hydrogens is 267 g/mol. The van der Waals surface area contributed by atoms with Crippen molar-refractivity contribution in [3.05, 3.63) is 27.5 Å². The zero-order valence-corrected chi connectivity index (χ0v) is 9.64. The third-order valence-corrected chi connectivity index (χ3v) is 2.66. The maximum atomic E-state index is 13.5. The Kier molecular flexibility index (Phi) is 3.68. The number of halogens is 2. The van der Waals surface area contributed by atoms with Gasteiger partial charge in [0.05, 0.1) is 4.47 Å². The molecule has 0 saturated heterocycles. The highest BCUT2D eigenvalue weighted by Crippen LogP contribution is 2.32. The summed E-state index contributed by atoms with van der Waals surface area (Å²) in [5.41, 5.74) is 0.421. The van der Waals surface area contributed by atoms with Gasteiger partial charge in [-0.25, -0.2) is 4.39 Å². The monoisotopic (exact) mass is 276 g/mol. The summed E-state index contributed by atoms with van der Waals surface area (Å²) in [6, 6.07) is 1.45. The average Bonchev–Trinajstić information content (AvgIpc) is 2.14. The van der Waals surface area contributed by atoms with Gasteiger partial charge < -0.3 is 10.2 Å². The summed E-state index contributed by atoms with van der Waals surface area (Å²) in [4.78, 5) is 10.3. The van der Waals surface area contributed by atoms with Crippen molar-refractivity contribution in [2.45, 2.75) is 19.8 Å². The Labute approximate surface area is 94.7 Å². The molecule has 1 rings (SSSR count). The zero-order valence-electron chi connectivity index (χ0n) is 8.05. The summed E-state index contributed by atoms with van der Waals surface area (Å²) >= 11 is 3.07. The van der Waals surface area contributed by atoms with E-state index in [0.29, 0.717) is 10.0 Å². The largest absolute Gasteiger partial charge is 0.506 e. The van der Waals surface area contributed by atoms with Crippen LogP contribution in [-0.4, -0.2) is 16.2 Å². The molecule has 0 aromatic heterocycles. The molecular formula is C10H10BrFO3. The van der Waals surface area contributed by atoms with E-state index in [1.54, 1.807) is 6.92 Å². The van der Waals surface area contributed by atoms with E-state index < -0.39 is 11.8 Å². The highest BCUT2D eigenvalue weighted by atomic mass is 79.9. The summed E-state index contributed by atoms with van der Waals surface area (Å²) in [6.45, 7) is 1.56. The highest BCUT2D eigenvalue weighted by Gasteiger charge is 2.15. The first-order chi connectivity index (χ1) is 6.93. The second-order valence-electron chi connectivity index (χ2n) is 3.21. The normalized spacial score (nSPS) is 10.3. The molecule has 3 nitrogen and oxygen atoms in total. The number of hydrogen-bond donors (Lipinski definition) is 2. The lowest BCUT2D eigenvalue weighted by Gasteiger charge is -2.09. The molecule has 0 spiro atoms. The molecule has 2 N–H and O–H groups in total. The number of phenols is 1. The van der Waals surface area contributed by atoms with Gasteiger partial charge in [-0.3, -0.25) is 4.79 Å². The van der Waals surface area contributed by atoms with Gasteiger partial charge in [0.15, 0.2) is 0 Å². The Hall–Kier alpha value is -1.10. The van der Waals surface area contributed by atoms with Gasteiger partial charge in [0.2, 0.25) is 0 Å². The molecule has 0 radical (unpaired) electrons. The van der Waals surface area contributed by atoms with Crippen molar-refractivity contribution in [2.24, 2.45) is 0 Å². The standard InChI is InChI=1S/C10H10BrFO3/c1-5-4-7(11)10(15)6(9(5)12)2-3-8(13)14/h4,15H,2-3H2,1H3,(H,13,14). The van der Waals surface area contributed by atoms with E-state index in [2.05, 4.69) is 15.9 Å². The van der Waals surface area contributed by atoms with Crippen LogP contribution in [0.2, 0.25) is 0 Å². The van der Waals surface area contributed by atoms with Crippen molar-refractivity contribution >= 4 is 21.9 Å². The number of hydrogen-bond acceptors (Lipinski definition) is 2. The number of aromatic hydroxyl groups is 1. The van der Waals surface area contributed by atoms with Crippen LogP contribution in [0.1, 0.15) is 17.5 Å².